The molecule has 0 saturated carbocycles. The number of hydrogen-bond donors (Lipinski definition) is 1. The van der Waals surface area contributed by atoms with Crippen LogP contribution in [0.1, 0.15) is 16.1 Å². The number of hydrogen-bond acceptors (Lipinski definition) is 2. The number of para-hydroxylation sites is 1. The Morgan fingerprint density at radius 2 is 2.29 bits per heavy atom. The third-order valence-corrected chi connectivity index (χ3v) is 1.98. The summed E-state index contributed by atoms with van der Waals surface area (Å²) in [6.45, 7) is -0.663. The van der Waals surface area contributed by atoms with Crippen molar-refractivity contribution in [2.45, 2.75) is 6.67 Å². The lowest BCUT2D eigenvalue weighted by Gasteiger charge is -1.93. The molecule has 0 saturated heterocycles. The fraction of sp³-hybridized carbons (Fsp3) is 0.100. The molecule has 0 aliphatic carbocycles. The van der Waals surface area contributed by atoms with Crippen molar-refractivity contribution in [1.29, 1.82) is 0 Å². The van der Waals surface area contributed by atoms with Crippen molar-refractivity contribution in [3.05, 3.63) is 35.6 Å². The van der Waals surface area contributed by atoms with Crippen LogP contribution in [0.25, 0.3) is 11.0 Å². The first-order valence-corrected chi connectivity index (χ1v) is 4.03. The molecule has 0 amide bonds. The summed E-state index contributed by atoms with van der Waals surface area (Å²) in [4.78, 5) is 10.6. The highest BCUT2D eigenvalue weighted by molar-refractivity contribution is 5.92. The number of carboxylic acid groups (broad SMARTS) is 1. The van der Waals surface area contributed by atoms with Crippen LogP contribution in [0.5, 0.6) is 0 Å². The predicted octanol–water partition coefficient (Wildman–Crippen LogP) is 2.60. The molecular formula is C10H7FO3. The minimum atomic E-state index is -1.15. The second-order valence-electron chi connectivity index (χ2n) is 2.88. The van der Waals surface area contributed by atoms with Gasteiger partial charge in [0, 0.05) is 10.9 Å². The first-order chi connectivity index (χ1) is 6.72. The van der Waals surface area contributed by atoms with Gasteiger partial charge in [-0.05, 0) is 6.07 Å². The van der Waals surface area contributed by atoms with Gasteiger partial charge in [-0.1, -0.05) is 18.2 Å². The van der Waals surface area contributed by atoms with E-state index in [1.807, 2.05) is 0 Å². The zero-order chi connectivity index (χ0) is 10.1. The summed E-state index contributed by atoms with van der Waals surface area (Å²) >= 11 is 0. The molecular weight excluding hydrogens is 187 g/mol. The van der Waals surface area contributed by atoms with Crippen LogP contribution in [0, 0.1) is 0 Å². The van der Waals surface area contributed by atoms with E-state index in [2.05, 4.69) is 0 Å². The smallest absolute Gasteiger partial charge is 0.371 e. The number of alkyl halides is 1. The minimum Gasteiger partial charge on any atom is -0.475 e. The third-order valence-electron chi connectivity index (χ3n) is 1.98. The van der Waals surface area contributed by atoms with Crippen molar-refractivity contribution in [1.82, 2.24) is 0 Å². The van der Waals surface area contributed by atoms with E-state index in [0.717, 1.165) is 0 Å². The van der Waals surface area contributed by atoms with Gasteiger partial charge in [-0.25, -0.2) is 9.18 Å². The summed E-state index contributed by atoms with van der Waals surface area (Å²) in [5.74, 6) is -1.31. The van der Waals surface area contributed by atoms with Crippen molar-refractivity contribution in [2.75, 3.05) is 0 Å². The number of benzene rings is 1. The van der Waals surface area contributed by atoms with Gasteiger partial charge in [0.1, 0.15) is 12.3 Å². The number of furan rings is 1. The maximum absolute atomic E-state index is 12.5. The zero-order valence-corrected chi connectivity index (χ0v) is 7.16. The Morgan fingerprint density at radius 3 is 2.93 bits per heavy atom. The highest BCUT2D eigenvalue weighted by atomic mass is 19.1. The molecule has 14 heavy (non-hydrogen) atoms. The average Bonchev–Trinajstić information content (AvgIpc) is 2.60. The highest BCUT2D eigenvalue weighted by Gasteiger charge is 2.12. The molecule has 3 nitrogen and oxygen atoms in total. The van der Waals surface area contributed by atoms with Crippen molar-refractivity contribution in [3.8, 4) is 0 Å². The fourth-order valence-corrected chi connectivity index (χ4v) is 1.33. The third kappa shape index (κ3) is 1.25. The quantitative estimate of drug-likeness (QED) is 0.799. The number of carbonyl (C=O) groups is 1. The van der Waals surface area contributed by atoms with Crippen LogP contribution in [0.2, 0.25) is 0 Å². The maximum atomic E-state index is 12.5. The Labute approximate surface area is 78.8 Å². The predicted molar refractivity (Wildman–Crippen MR) is 48.0 cm³/mol. The summed E-state index contributed by atoms with van der Waals surface area (Å²) in [6.07, 6.45) is 0. The number of aromatic carboxylic acids is 1. The van der Waals surface area contributed by atoms with Crippen LogP contribution in [-0.2, 0) is 6.67 Å². The van der Waals surface area contributed by atoms with Gasteiger partial charge in [0.2, 0.25) is 5.76 Å². The molecule has 72 valence electrons. The zero-order valence-electron chi connectivity index (χ0n) is 7.16. The van der Waals surface area contributed by atoms with Crippen molar-refractivity contribution >= 4 is 16.9 Å². The molecule has 2 rings (SSSR count). The van der Waals surface area contributed by atoms with Crippen LogP contribution in [-0.4, -0.2) is 11.1 Å². The summed E-state index contributed by atoms with van der Waals surface area (Å²) in [5.41, 5.74) is 0.683. The summed E-state index contributed by atoms with van der Waals surface area (Å²) in [7, 11) is 0. The lowest BCUT2D eigenvalue weighted by atomic mass is 10.2. The molecule has 0 aliphatic rings. The molecule has 1 aromatic carbocycles. The molecule has 0 radical (unpaired) electrons. The molecule has 1 heterocycles. The largest absolute Gasteiger partial charge is 0.475 e. The van der Waals surface area contributed by atoms with Crippen LogP contribution in [0.15, 0.2) is 28.7 Å². The Bertz CT molecular complexity index is 487. The van der Waals surface area contributed by atoms with Crippen molar-refractivity contribution in [3.63, 3.8) is 0 Å². The molecule has 4 heteroatoms. The van der Waals surface area contributed by atoms with Crippen molar-refractivity contribution in [2.24, 2.45) is 0 Å². The van der Waals surface area contributed by atoms with Gasteiger partial charge in [-0.15, -0.1) is 0 Å². The molecule has 0 bridgehead atoms. The SMILES string of the molecule is O=C(O)c1cc2cccc(CF)c2o1. The lowest BCUT2D eigenvalue weighted by Crippen LogP contribution is -1.91. The van der Waals surface area contributed by atoms with Crippen molar-refractivity contribution < 1.29 is 18.7 Å². The molecule has 0 unspecified atom stereocenters. The Balaban J connectivity index is 2.70. The standard InChI is InChI=1S/C10H7FO3/c11-5-7-3-1-2-6-4-8(10(12)13)14-9(6)7/h1-4H,5H2,(H,12,13). The number of rotatable bonds is 2. The van der Waals surface area contributed by atoms with E-state index in [0.29, 0.717) is 16.5 Å². The molecule has 0 spiro atoms. The topological polar surface area (TPSA) is 50.4 Å². The van der Waals surface area contributed by atoms with Gasteiger partial charge in [-0.3, -0.25) is 0 Å². The monoisotopic (exact) mass is 194 g/mol. The van der Waals surface area contributed by atoms with Crippen LogP contribution >= 0.6 is 0 Å². The fourth-order valence-electron chi connectivity index (χ4n) is 1.33. The van der Waals surface area contributed by atoms with Gasteiger partial charge < -0.3 is 9.52 Å². The van der Waals surface area contributed by atoms with Crippen LogP contribution < -0.4 is 0 Å². The Morgan fingerprint density at radius 1 is 1.50 bits per heavy atom. The summed E-state index contributed by atoms with van der Waals surface area (Å²) in [5, 5.41) is 9.27. The maximum Gasteiger partial charge on any atom is 0.371 e. The summed E-state index contributed by atoms with van der Waals surface area (Å²) < 4.78 is 17.5. The second-order valence-corrected chi connectivity index (χ2v) is 2.88. The Kier molecular flexibility index (Phi) is 1.96. The second kappa shape index (κ2) is 3.14. The average molecular weight is 194 g/mol. The van der Waals surface area contributed by atoms with E-state index in [1.54, 1.807) is 18.2 Å². The first-order valence-electron chi connectivity index (χ1n) is 4.03. The summed E-state index contributed by atoms with van der Waals surface area (Å²) in [6, 6.07) is 6.30. The van der Waals surface area contributed by atoms with E-state index in [1.165, 1.54) is 6.07 Å². The minimum absolute atomic E-state index is 0.166. The molecule has 1 N–H and O–H groups in total. The number of fused-ring (bicyclic) bond motifs is 1. The molecule has 2 aromatic rings. The molecule has 1 aromatic heterocycles. The number of halogens is 1. The van der Waals surface area contributed by atoms with E-state index in [-0.39, 0.29) is 5.76 Å². The van der Waals surface area contributed by atoms with E-state index < -0.39 is 12.6 Å². The van der Waals surface area contributed by atoms with Gasteiger partial charge in [0.25, 0.3) is 0 Å². The normalized spacial score (nSPS) is 10.6. The molecule has 0 aliphatic heterocycles. The van der Waals surface area contributed by atoms with E-state index >= 15 is 0 Å². The van der Waals surface area contributed by atoms with Crippen LogP contribution in [0.4, 0.5) is 4.39 Å². The van der Waals surface area contributed by atoms with E-state index in [4.69, 9.17) is 9.52 Å². The van der Waals surface area contributed by atoms with Gasteiger partial charge in [0.05, 0.1) is 0 Å². The molecule has 0 fully saturated rings. The van der Waals surface area contributed by atoms with E-state index in [9.17, 15) is 9.18 Å². The van der Waals surface area contributed by atoms with Gasteiger partial charge in [0.15, 0.2) is 0 Å². The molecule has 0 atom stereocenters. The lowest BCUT2D eigenvalue weighted by molar-refractivity contribution is 0.0665. The highest BCUT2D eigenvalue weighted by Crippen LogP contribution is 2.23. The Hall–Kier alpha value is -1.84. The van der Waals surface area contributed by atoms with Gasteiger partial charge >= 0.3 is 5.97 Å². The first kappa shape index (κ1) is 8.74. The van der Waals surface area contributed by atoms with Crippen LogP contribution in [0.3, 0.4) is 0 Å². The number of carboxylic acids is 1. The van der Waals surface area contributed by atoms with Gasteiger partial charge in [-0.2, -0.15) is 0 Å².